The minimum Gasteiger partial charge on any atom is -0.497 e. The van der Waals surface area contributed by atoms with E-state index in [0.717, 1.165) is 48.8 Å². The summed E-state index contributed by atoms with van der Waals surface area (Å²) in [5.74, 6) is 2.38. The zero-order chi connectivity index (χ0) is 16.2. The molecule has 0 spiro atoms. The van der Waals surface area contributed by atoms with Gasteiger partial charge in [0, 0.05) is 25.8 Å². The van der Waals surface area contributed by atoms with Gasteiger partial charge in [-0.1, -0.05) is 0 Å². The summed E-state index contributed by atoms with van der Waals surface area (Å²) in [5, 5.41) is 0. The lowest BCUT2D eigenvalue weighted by Crippen LogP contribution is -2.38. The number of nitrogens with zero attached hydrogens (tertiary/aromatic N) is 2. The van der Waals surface area contributed by atoms with E-state index in [9.17, 15) is 0 Å². The smallest absolute Gasteiger partial charge is 0.226 e. The van der Waals surface area contributed by atoms with Crippen molar-refractivity contribution in [3.05, 3.63) is 35.7 Å². The fourth-order valence-electron chi connectivity index (χ4n) is 2.99. The number of benzene rings is 1. The van der Waals surface area contributed by atoms with Gasteiger partial charge in [-0.15, -0.1) is 0 Å². The number of rotatable bonds is 5. The van der Waals surface area contributed by atoms with Gasteiger partial charge in [0.25, 0.3) is 0 Å². The molecule has 1 atom stereocenters. The molecule has 0 unspecified atom stereocenters. The predicted molar refractivity (Wildman–Crippen MR) is 88.5 cm³/mol. The lowest BCUT2D eigenvalue weighted by atomic mass is 10.1. The van der Waals surface area contributed by atoms with Crippen LogP contribution in [-0.4, -0.2) is 43.3 Å². The van der Waals surface area contributed by atoms with Crippen LogP contribution < -0.4 is 4.74 Å². The largest absolute Gasteiger partial charge is 0.497 e. The van der Waals surface area contributed by atoms with Gasteiger partial charge in [-0.3, -0.25) is 4.90 Å². The molecule has 1 aliphatic rings. The number of aryl methyl sites for hydroxylation is 1. The molecule has 0 aliphatic carbocycles. The molecule has 23 heavy (non-hydrogen) atoms. The molecule has 1 aromatic carbocycles. The number of hydrogen-bond acceptors (Lipinski definition) is 5. The van der Waals surface area contributed by atoms with Crippen LogP contribution >= 0.6 is 0 Å². The number of piperidine rings is 1. The molecule has 0 amide bonds. The standard InChI is InChI=1S/C18H24N2O3/c1-13-17(12-20-10-4-5-16(11-20)22-3)19-18(23-13)14-6-8-15(21-2)9-7-14/h6-9,16H,4-5,10-12H2,1-3H3/t16-/m0/s1. The van der Waals surface area contributed by atoms with Gasteiger partial charge in [0.15, 0.2) is 0 Å². The zero-order valence-electron chi connectivity index (χ0n) is 14.0. The summed E-state index contributed by atoms with van der Waals surface area (Å²) in [7, 11) is 3.45. The summed E-state index contributed by atoms with van der Waals surface area (Å²) in [4.78, 5) is 7.08. The topological polar surface area (TPSA) is 47.7 Å². The van der Waals surface area contributed by atoms with Crippen LogP contribution in [0, 0.1) is 6.92 Å². The Bertz CT molecular complexity index is 636. The van der Waals surface area contributed by atoms with Gasteiger partial charge in [0.1, 0.15) is 11.5 Å². The first-order chi connectivity index (χ1) is 11.2. The lowest BCUT2D eigenvalue weighted by molar-refractivity contribution is 0.0280. The van der Waals surface area contributed by atoms with Crippen molar-refractivity contribution in [2.75, 3.05) is 27.3 Å². The molecule has 124 valence electrons. The van der Waals surface area contributed by atoms with E-state index >= 15 is 0 Å². The second-order valence-electron chi connectivity index (χ2n) is 5.99. The molecule has 1 fully saturated rings. The van der Waals surface area contributed by atoms with Crippen molar-refractivity contribution in [1.82, 2.24) is 9.88 Å². The van der Waals surface area contributed by atoms with E-state index in [1.54, 1.807) is 14.2 Å². The van der Waals surface area contributed by atoms with Gasteiger partial charge in [0.2, 0.25) is 5.89 Å². The second kappa shape index (κ2) is 7.15. The van der Waals surface area contributed by atoms with E-state index in [1.807, 2.05) is 31.2 Å². The van der Waals surface area contributed by atoms with Crippen LogP contribution in [0.15, 0.2) is 28.7 Å². The van der Waals surface area contributed by atoms with Gasteiger partial charge >= 0.3 is 0 Å². The van der Waals surface area contributed by atoms with E-state index in [1.165, 1.54) is 6.42 Å². The Morgan fingerprint density at radius 2 is 2.04 bits per heavy atom. The number of hydrogen-bond donors (Lipinski definition) is 0. The molecule has 1 aliphatic heterocycles. The fourth-order valence-corrected chi connectivity index (χ4v) is 2.99. The third-order valence-corrected chi connectivity index (χ3v) is 4.40. The second-order valence-corrected chi connectivity index (χ2v) is 5.99. The number of aromatic nitrogens is 1. The molecule has 2 heterocycles. The SMILES string of the molecule is COc1ccc(-c2nc(CN3CCC[C@H](OC)C3)c(C)o2)cc1. The van der Waals surface area contributed by atoms with E-state index in [4.69, 9.17) is 18.9 Å². The van der Waals surface area contributed by atoms with Gasteiger partial charge < -0.3 is 13.9 Å². The van der Waals surface area contributed by atoms with E-state index < -0.39 is 0 Å². The summed E-state index contributed by atoms with van der Waals surface area (Å²) in [5.41, 5.74) is 1.97. The van der Waals surface area contributed by atoms with Crippen molar-refractivity contribution in [3.63, 3.8) is 0 Å². The van der Waals surface area contributed by atoms with Gasteiger partial charge in [-0.25, -0.2) is 4.98 Å². The predicted octanol–water partition coefficient (Wildman–Crippen LogP) is 3.27. The summed E-state index contributed by atoms with van der Waals surface area (Å²) < 4.78 is 16.5. The number of methoxy groups -OCH3 is 2. The zero-order valence-corrected chi connectivity index (χ0v) is 14.0. The van der Waals surface area contributed by atoms with Gasteiger partial charge in [-0.05, 0) is 50.6 Å². The summed E-state index contributed by atoms with van der Waals surface area (Å²) in [6, 6.07) is 7.77. The highest BCUT2D eigenvalue weighted by atomic mass is 16.5. The molecule has 0 N–H and O–H groups in total. The third kappa shape index (κ3) is 3.74. The van der Waals surface area contributed by atoms with E-state index in [0.29, 0.717) is 12.0 Å². The number of likely N-dealkylation sites (tertiary alicyclic amines) is 1. The van der Waals surface area contributed by atoms with Gasteiger partial charge in [0.05, 0.1) is 18.9 Å². The highest BCUT2D eigenvalue weighted by Crippen LogP contribution is 2.25. The molecular formula is C18H24N2O3. The Hall–Kier alpha value is -1.85. The van der Waals surface area contributed by atoms with Crippen LogP contribution in [-0.2, 0) is 11.3 Å². The molecule has 0 saturated carbocycles. The fraction of sp³-hybridized carbons (Fsp3) is 0.500. The van der Waals surface area contributed by atoms with Crippen LogP contribution in [0.3, 0.4) is 0 Å². The van der Waals surface area contributed by atoms with Crippen molar-refractivity contribution < 1.29 is 13.9 Å². The highest BCUT2D eigenvalue weighted by Gasteiger charge is 2.21. The third-order valence-electron chi connectivity index (χ3n) is 4.40. The van der Waals surface area contributed by atoms with Crippen LogP contribution in [0.5, 0.6) is 5.75 Å². The molecule has 3 rings (SSSR count). The molecule has 1 saturated heterocycles. The maximum atomic E-state index is 5.86. The molecular weight excluding hydrogens is 292 g/mol. The molecule has 0 radical (unpaired) electrons. The summed E-state index contributed by atoms with van der Waals surface area (Å²) in [6.07, 6.45) is 2.64. The monoisotopic (exact) mass is 316 g/mol. The van der Waals surface area contributed by atoms with Crippen molar-refractivity contribution in [1.29, 1.82) is 0 Å². The first kappa shape index (κ1) is 16.0. The quantitative estimate of drug-likeness (QED) is 0.847. The first-order valence-electron chi connectivity index (χ1n) is 8.05. The molecule has 1 aromatic heterocycles. The van der Waals surface area contributed by atoms with Crippen LogP contribution in [0.1, 0.15) is 24.3 Å². The van der Waals surface area contributed by atoms with E-state index in [-0.39, 0.29) is 0 Å². The van der Waals surface area contributed by atoms with Crippen LogP contribution in [0.2, 0.25) is 0 Å². The van der Waals surface area contributed by atoms with E-state index in [2.05, 4.69) is 4.90 Å². The molecule has 2 aromatic rings. The highest BCUT2D eigenvalue weighted by molar-refractivity contribution is 5.55. The molecule has 5 nitrogen and oxygen atoms in total. The van der Waals surface area contributed by atoms with Gasteiger partial charge in [-0.2, -0.15) is 0 Å². The Morgan fingerprint density at radius 3 is 2.74 bits per heavy atom. The van der Waals surface area contributed by atoms with Crippen molar-refractivity contribution in [2.45, 2.75) is 32.4 Å². The Balaban J connectivity index is 1.72. The van der Waals surface area contributed by atoms with Crippen molar-refractivity contribution in [3.8, 4) is 17.2 Å². The number of ether oxygens (including phenoxy) is 2. The minimum atomic E-state index is 0.331. The maximum Gasteiger partial charge on any atom is 0.226 e. The van der Waals surface area contributed by atoms with Crippen LogP contribution in [0.4, 0.5) is 0 Å². The van der Waals surface area contributed by atoms with Crippen LogP contribution in [0.25, 0.3) is 11.5 Å². The number of oxazole rings is 1. The normalized spacial score (nSPS) is 19.0. The average molecular weight is 316 g/mol. The van der Waals surface area contributed by atoms with Crippen molar-refractivity contribution in [2.24, 2.45) is 0 Å². The van der Waals surface area contributed by atoms with Crippen molar-refractivity contribution >= 4 is 0 Å². The first-order valence-corrected chi connectivity index (χ1v) is 8.05. The molecule has 0 bridgehead atoms. The Labute approximate surface area is 137 Å². The Morgan fingerprint density at radius 1 is 1.26 bits per heavy atom. The minimum absolute atomic E-state index is 0.331. The average Bonchev–Trinajstić information content (AvgIpc) is 2.96. The summed E-state index contributed by atoms with van der Waals surface area (Å²) in [6.45, 7) is 4.84. The lowest BCUT2D eigenvalue weighted by Gasteiger charge is -2.31. The molecule has 5 heteroatoms. The Kier molecular flexibility index (Phi) is 4.98. The summed E-state index contributed by atoms with van der Waals surface area (Å²) >= 11 is 0. The maximum absolute atomic E-state index is 5.86.